The molecule has 1 fully saturated rings. The lowest BCUT2D eigenvalue weighted by atomic mass is 9.94. The summed E-state index contributed by atoms with van der Waals surface area (Å²) in [6.07, 6.45) is 1.93. The quantitative estimate of drug-likeness (QED) is 0.910. The van der Waals surface area contributed by atoms with Crippen LogP contribution in [0.4, 0.5) is 0 Å². The molecule has 0 aliphatic carbocycles. The molecule has 4 nitrogen and oxygen atoms in total. The van der Waals surface area contributed by atoms with Gasteiger partial charge in [-0.25, -0.2) is 0 Å². The normalized spacial score (nSPS) is 24.8. The first-order valence-corrected chi connectivity index (χ1v) is 7.13. The van der Waals surface area contributed by atoms with Crippen molar-refractivity contribution in [2.75, 3.05) is 0 Å². The van der Waals surface area contributed by atoms with Crippen LogP contribution in [0.25, 0.3) is 0 Å². The Labute approximate surface area is 115 Å². The Morgan fingerprint density at radius 2 is 2.00 bits per heavy atom. The van der Waals surface area contributed by atoms with E-state index in [0.29, 0.717) is 6.04 Å². The van der Waals surface area contributed by atoms with E-state index < -0.39 is 0 Å². The lowest BCUT2D eigenvalue weighted by Gasteiger charge is -2.27. The molecular weight excluding hydrogens is 240 g/mol. The highest BCUT2D eigenvalue weighted by molar-refractivity contribution is 5.22. The van der Waals surface area contributed by atoms with E-state index in [-0.39, 0.29) is 11.2 Å². The summed E-state index contributed by atoms with van der Waals surface area (Å²) in [5, 5.41) is 7.72. The van der Waals surface area contributed by atoms with Crippen LogP contribution < -0.4 is 5.32 Å². The average molecular weight is 266 g/mol. The average Bonchev–Trinajstić information content (AvgIpc) is 2.72. The fourth-order valence-electron chi connectivity index (χ4n) is 3.05. The summed E-state index contributed by atoms with van der Waals surface area (Å²) >= 11 is 0. The minimum atomic E-state index is -0.138. The Hall–Kier alpha value is -0.870. The zero-order chi connectivity index (χ0) is 14.3. The Kier molecular flexibility index (Phi) is 3.76. The molecule has 1 aromatic heterocycles. The summed E-state index contributed by atoms with van der Waals surface area (Å²) in [5.41, 5.74) is 2.06. The number of nitrogens with one attached hydrogen (secondary N) is 1. The van der Waals surface area contributed by atoms with Gasteiger partial charge in [0.05, 0.1) is 16.9 Å². The van der Waals surface area contributed by atoms with Gasteiger partial charge in [-0.05, 0) is 47.5 Å². The number of aromatic nitrogens is 1. The first-order valence-electron chi connectivity index (χ1n) is 7.13. The molecular formula is C15H26N2O2. The predicted molar refractivity (Wildman–Crippen MR) is 75.1 cm³/mol. The van der Waals surface area contributed by atoms with Gasteiger partial charge in [-0.15, -0.1) is 0 Å². The topological polar surface area (TPSA) is 47.3 Å². The highest BCUT2D eigenvalue weighted by atomic mass is 16.5. The van der Waals surface area contributed by atoms with Crippen molar-refractivity contribution < 1.29 is 9.26 Å². The van der Waals surface area contributed by atoms with Crippen LogP contribution in [0.1, 0.15) is 58.1 Å². The number of hydrogen-bond acceptors (Lipinski definition) is 4. The molecule has 0 aromatic carbocycles. The van der Waals surface area contributed by atoms with Gasteiger partial charge >= 0.3 is 0 Å². The van der Waals surface area contributed by atoms with Gasteiger partial charge < -0.3 is 14.6 Å². The largest absolute Gasteiger partial charge is 0.368 e. The summed E-state index contributed by atoms with van der Waals surface area (Å²) in [7, 11) is 0. The van der Waals surface area contributed by atoms with E-state index >= 15 is 0 Å². The second-order valence-electron chi connectivity index (χ2n) is 6.62. The van der Waals surface area contributed by atoms with Crippen molar-refractivity contribution in [2.45, 2.75) is 78.2 Å². The van der Waals surface area contributed by atoms with Crippen LogP contribution in [-0.2, 0) is 17.7 Å². The SMILES string of the molecule is CCc1noc(C)c1CN[C@H]1CC(C)(C)OC1(C)C. The molecule has 1 aliphatic heterocycles. The summed E-state index contributed by atoms with van der Waals surface area (Å²) in [4.78, 5) is 0. The Morgan fingerprint density at radius 3 is 2.53 bits per heavy atom. The van der Waals surface area contributed by atoms with Crippen molar-refractivity contribution in [1.29, 1.82) is 0 Å². The van der Waals surface area contributed by atoms with Crippen LogP contribution in [0.3, 0.4) is 0 Å². The number of nitrogens with zero attached hydrogens (tertiary/aromatic N) is 1. The third-order valence-corrected chi connectivity index (χ3v) is 4.00. The molecule has 4 heteroatoms. The first-order chi connectivity index (χ1) is 8.75. The van der Waals surface area contributed by atoms with Crippen LogP contribution in [0.5, 0.6) is 0 Å². The van der Waals surface area contributed by atoms with Gasteiger partial charge in [0, 0.05) is 18.2 Å². The van der Waals surface area contributed by atoms with Gasteiger partial charge in [-0.1, -0.05) is 12.1 Å². The van der Waals surface area contributed by atoms with E-state index in [9.17, 15) is 0 Å². The third kappa shape index (κ3) is 3.00. The highest BCUT2D eigenvalue weighted by Gasteiger charge is 2.45. The summed E-state index contributed by atoms with van der Waals surface area (Å²) in [6.45, 7) is 13.5. The van der Waals surface area contributed by atoms with E-state index in [1.807, 2.05) is 6.92 Å². The molecule has 0 bridgehead atoms. The molecule has 1 aliphatic rings. The van der Waals surface area contributed by atoms with E-state index in [4.69, 9.17) is 9.26 Å². The van der Waals surface area contributed by atoms with Gasteiger partial charge in [-0.2, -0.15) is 0 Å². The van der Waals surface area contributed by atoms with Crippen molar-refractivity contribution in [3.05, 3.63) is 17.0 Å². The van der Waals surface area contributed by atoms with Gasteiger partial charge in [-0.3, -0.25) is 0 Å². The van der Waals surface area contributed by atoms with Crippen LogP contribution >= 0.6 is 0 Å². The first kappa shape index (κ1) is 14.5. The second-order valence-corrected chi connectivity index (χ2v) is 6.62. The molecule has 1 atom stereocenters. The lowest BCUT2D eigenvalue weighted by Crippen LogP contribution is -2.43. The van der Waals surface area contributed by atoms with Crippen molar-refractivity contribution in [2.24, 2.45) is 0 Å². The molecule has 1 aromatic rings. The third-order valence-electron chi connectivity index (χ3n) is 4.00. The van der Waals surface area contributed by atoms with E-state index in [2.05, 4.69) is 45.1 Å². The van der Waals surface area contributed by atoms with Crippen molar-refractivity contribution in [3.8, 4) is 0 Å². The smallest absolute Gasteiger partial charge is 0.138 e. The van der Waals surface area contributed by atoms with Crippen LogP contribution in [-0.4, -0.2) is 22.4 Å². The van der Waals surface area contributed by atoms with Crippen molar-refractivity contribution in [1.82, 2.24) is 10.5 Å². The van der Waals surface area contributed by atoms with E-state index in [1.165, 1.54) is 5.56 Å². The molecule has 0 radical (unpaired) electrons. The van der Waals surface area contributed by atoms with Gasteiger partial charge in [0.2, 0.25) is 0 Å². The van der Waals surface area contributed by atoms with Gasteiger partial charge in [0.15, 0.2) is 0 Å². The molecule has 19 heavy (non-hydrogen) atoms. The molecule has 0 unspecified atom stereocenters. The zero-order valence-corrected chi connectivity index (χ0v) is 13.0. The number of ether oxygens (including phenoxy) is 1. The fourth-order valence-corrected chi connectivity index (χ4v) is 3.05. The van der Waals surface area contributed by atoms with Crippen molar-refractivity contribution >= 4 is 0 Å². The van der Waals surface area contributed by atoms with Crippen LogP contribution in [0.15, 0.2) is 4.52 Å². The fraction of sp³-hybridized carbons (Fsp3) is 0.800. The van der Waals surface area contributed by atoms with Gasteiger partial charge in [0.25, 0.3) is 0 Å². The minimum Gasteiger partial charge on any atom is -0.368 e. The second kappa shape index (κ2) is 4.91. The Bertz CT molecular complexity index is 449. The molecule has 0 spiro atoms. The monoisotopic (exact) mass is 266 g/mol. The van der Waals surface area contributed by atoms with E-state index in [1.54, 1.807) is 0 Å². The number of hydrogen-bond donors (Lipinski definition) is 1. The molecule has 1 saturated heterocycles. The standard InChI is InChI=1S/C15H26N2O2/c1-7-12-11(10(2)18-17-12)9-16-13-8-14(3,4)19-15(13,5)6/h13,16H,7-9H2,1-6H3/t13-/m0/s1. The maximum absolute atomic E-state index is 6.10. The number of aryl methyl sites for hydroxylation is 2. The van der Waals surface area contributed by atoms with Crippen molar-refractivity contribution in [3.63, 3.8) is 0 Å². The summed E-state index contributed by atoms with van der Waals surface area (Å²) in [5.74, 6) is 0.917. The predicted octanol–water partition coefficient (Wildman–Crippen LogP) is 2.98. The minimum absolute atomic E-state index is 0.0571. The molecule has 0 saturated carbocycles. The lowest BCUT2D eigenvalue weighted by molar-refractivity contribution is -0.0699. The van der Waals surface area contributed by atoms with E-state index in [0.717, 1.165) is 30.8 Å². The van der Waals surface area contributed by atoms with Gasteiger partial charge in [0.1, 0.15) is 5.76 Å². The molecule has 108 valence electrons. The van der Waals surface area contributed by atoms with Crippen LogP contribution in [0.2, 0.25) is 0 Å². The summed E-state index contributed by atoms with van der Waals surface area (Å²) in [6, 6.07) is 0.349. The summed E-state index contributed by atoms with van der Waals surface area (Å²) < 4.78 is 11.4. The zero-order valence-electron chi connectivity index (χ0n) is 13.0. The Morgan fingerprint density at radius 1 is 1.32 bits per heavy atom. The molecule has 2 heterocycles. The Balaban J connectivity index is 2.05. The number of rotatable bonds is 4. The molecule has 2 rings (SSSR count). The maximum Gasteiger partial charge on any atom is 0.138 e. The van der Waals surface area contributed by atoms with Crippen LogP contribution in [0, 0.1) is 6.92 Å². The highest BCUT2D eigenvalue weighted by Crippen LogP contribution is 2.37. The maximum atomic E-state index is 6.10. The molecule has 1 N–H and O–H groups in total. The molecule has 0 amide bonds.